The molecule has 40 heavy (non-hydrogen) atoms. The van der Waals surface area contributed by atoms with Crippen molar-refractivity contribution in [2.75, 3.05) is 6.61 Å². The maximum absolute atomic E-state index is 12.9. The average molecular weight is 537 g/mol. The lowest BCUT2D eigenvalue weighted by Crippen LogP contribution is -2.24. The number of carbonyl (C=O) groups excluding carboxylic acids is 1. The van der Waals surface area contributed by atoms with Crippen molar-refractivity contribution in [3.63, 3.8) is 0 Å². The molecular formula is C33H36N4O3. The number of hydrogen-bond acceptors (Lipinski definition) is 5. The lowest BCUT2D eigenvalue weighted by molar-refractivity contribution is 0.00704. The Labute approximate surface area is 235 Å². The number of fused-ring (bicyclic) bond motifs is 1. The van der Waals surface area contributed by atoms with Crippen molar-refractivity contribution in [2.24, 2.45) is 0 Å². The van der Waals surface area contributed by atoms with Gasteiger partial charge in [0.2, 0.25) is 0 Å². The molecule has 5 aromatic rings. The van der Waals surface area contributed by atoms with E-state index in [2.05, 4.69) is 58.4 Å². The number of rotatable bonds is 8. The van der Waals surface area contributed by atoms with Gasteiger partial charge < -0.3 is 14.0 Å². The van der Waals surface area contributed by atoms with Crippen LogP contribution >= 0.6 is 0 Å². The van der Waals surface area contributed by atoms with Gasteiger partial charge in [-0.2, -0.15) is 4.98 Å². The van der Waals surface area contributed by atoms with Gasteiger partial charge in [-0.1, -0.05) is 48.5 Å². The predicted octanol–water partition coefficient (Wildman–Crippen LogP) is 7.55. The number of esters is 1. The molecule has 0 aliphatic carbocycles. The Morgan fingerprint density at radius 1 is 0.975 bits per heavy atom. The van der Waals surface area contributed by atoms with Crippen LogP contribution < -0.4 is 4.74 Å². The molecule has 0 saturated heterocycles. The second-order valence-corrected chi connectivity index (χ2v) is 11.2. The van der Waals surface area contributed by atoms with E-state index in [1.54, 1.807) is 0 Å². The van der Waals surface area contributed by atoms with Gasteiger partial charge in [-0.3, -0.25) is 4.57 Å². The van der Waals surface area contributed by atoms with Gasteiger partial charge in [-0.15, -0.1) is 0 Å². The van der Waals surface area contributed by atoms with E-state index >= 15 is 0 Å². The molecule has 0 unspecified atom stereocenters. The van der Waals surface area contributed by atoms with Crippen molar-refractivity contribution >= 4 is 17.0 Å². The molecule has 0 atom stereocenters. The van der Waals surface area contributed by atoms with Gasteiger partial charge in [0.15, 0.2) is 0 Å². The molecule has 2 aromatic heterocycles. The first-order chi connectivity index (χ1) is 19.1. The molecule has 206 valence electrons. The molecule has 5 rings (SSSR count). The standard InChI is InChI=1S/C33H36N4O3/c1-7-39-32-35-28-17-16-25(29-20-36(21-34-29)22(2)3)18-30(28)37(32)19-23-12-14-24(15-13-23)26-10-8-9-11-27(26)31(38)40-33(4,5)6/h8-18,20-22H,7,19H2,1-6H3. The number of carbonyl (C=O) groups is 1. The minimum Gasteiger partial charge on any atom is -0.465 e. The van der Waals surface area contributed by atoms with E-state index in [1.807, 2.05) is 76.5 Å². The highest BCUT2D eigenvalue weighted by Gasteiger charge is 2.21. The first-order valence-corrected chi connectivity index (χ1v) is 13.7. The first-order valence-electron chi connectivity index (χ1n) is 13.7. The number of benzene rings is 3. The van der Waals surface area contributed by atoms with E-state index in [9.17, 15) is 4.79 Å². The van der Waals surface area contributed by atoms with Crippen LogP contribution in [0.25, 0.3) is 33.4 Å². The van der Waals surface area contributed by atoms with Crippen LogP contribution in [0.15, 0.2) is 79.3 Å². The third kappa shape index (κ3) is 5.78. The zero-order valence-electron chi connectivity index (χ0n) is 24.0. The Bertz CT molecular complexity index is 1640. The molecule has 0 spiro atoms. The summed E-state index contributed by atoms with van der Waals surface area (Å²) in [5.74, 6) is -0.326. The van der Waals surface area contributed by atoms with E-state index in [0.717, 1.165) is 39.0 Å². The quantitative estimate of drug-likeness (QED) is 0.192. The van der Waals surface area contributed by atoms with E-state index in [1.165, 1.54) is 0 Å². The largest absolute Gasteiger partial charge is 0.465 e. The lowest BCUT2D eigenvalue weighted by Gasteiger charge is -2.20. The molecule has 2 heterocycles. The van der Waals surface area contributed by atoms with Crippen LogP contribution in [0.5, 0.6) is 6.01 Å². The topological polar surface area (TPSA) is 71.2 Å². The Morgan fingerprint density at radius 3 is 2.38 bits per heavy atom. The highest BCUT2D eigenvalue weighted by molar-refractivity contribution is 5.97. The molecule has 3 aromatic carbocycles. The normalized spacial score (nSPS) is 11.8. The molecule has 0 saturated carbocycles. The summed E-state index contributed by atoms with van der Waals surface area (Å²) in [5, 5.41) is 0. The monoisotopic (exact) mass is 536 g/mol. The van der Waals surface area contributed by atoms with E-state index in [0.29, 0.717) is 30.8 Å². The third-order valence-electron chi connectivity index (χ3n) is 6.63. The summed E-state index contributed by atoms with van der Waals surface area (Å²) >= 11 is 0. The van der Waals surface area contributed by atoms with E-state index < -0.39 is 5.60 Å². The molecule has 0 bridgehead atoms. The zero-order valence-corrected chi connectivity index (χ0v) is 24.0. The number of ether oxygens (including phenoxy) is 2. The van der Waals surface area contributed by atoms with Crippen molar-refractivity contribution in [2.45, 2.75) is 59.7 Å². The summed E-state index contributed by atoms with van der Waals surface area (Å²) in [5.41, 5.74) is 6.70. The van der Waals surface area contributed by atoms with Gasteiger partial charge in [-0.25, -0.2) is 9.78 Å². The molecule has 0 aliphatic rings. The fourth-order valence-electron chi connectivity index (χ4n) is 4.64. The Kier molecular flexibility index (Phi) is 7.48. The lowest BCUT2D eigenvalue weighted by atomic mass is 9.98. The molecular weight excluding hydrogens is 500 g/mol. The number of aromatic nitrogens is 4. The Hall–Kier alpha value is -4.39. The Balaban J connectivity index is 1.46. The van der Waals surface area contributed by atoms with Crippen LogP contribution in [0.3, 0.4) is 0 Å². The van der Waals surface area contributed by atoms with E-state index in [-0.39, 0.29) is 5.97 Å². The smallest absolute Gasteiger partial charge is 0.339 e. The Morgan fingerprint density at radius 2 is 1.70 bits per heavy atom. The number of nitrogens with zero attached hydrogens (tertiary/aromatic N) is 4. The molecule has 0 amide bonds. The van der Waals surface area contributed by atoms with Crippen molar-refractivity contribution in [3.05, 3.63) is 90.4 Å². The molecule has 0 N–H and O–H groups in total. The highest BCUT2D eigenvalue weighted by atomic mass is 16.6. The van der Waals surface area contributed by atoms with Crippen LogP contribution in [-0.4, -0.2) is 37.3 Å². The number of imidazole rings is 2. The van der Waals surface area contributed by atoms with Gasteiger partial charge in [-0.05, 0) is 76.4 Å². The van der Waals surface area contributed by atoms with Gasteiger partial charge in [0.25, 0.3) is 6.01 Å². The van der Waals surface area contributed by atoms with Crippen LogP contribution in [0.4, 0.5) is 0 Å². The summed E-state index contributed by atoms with van der Waals surface area (Å²) in [4.78, 5) is 22.2. The average Bonchev–Trinajstić information content (AvgIpc) is 3.54. The highest BCUT2D eigenvalue weighted by Crippen LogP contribution is 2.30. The van der Waals surface area contributed by atoms with Crippen LogP contribution in [0, 0.1) is 0 Å². The maximum Gasteiger partial charge on any atom is 0.339 e. The first kappa shape index (κ1) is 27.2. The summed E-state index contributed by atoms with van der Waals surface area (Å²) in [7, 11) is 0. The zero-order chi connectivity index (χ0) is 28.4. The fourth-order valence-corrected chi connectivity index (χ4v) is 4.64. The summed E-state index contributed by atoms with van der Waals surface area (Å²) in [6, 6.07) is 22.9. The van der Waals surface area contributed by atoms with Crippen LogP contribution in [-0.2, 0) is 11.3 Å². The van der Waals surface area contributed by atoms with Crippen molar-refractivity contribution in [1.82, 2.24) is 19.1 Å². The summed E-state index contributed by atoms with van der Waals surface area (Å²) in [6.07, 6.45) is 3.94. The van der Waals surface area contributed by atoms with Gasteiger partial charge in [0, 0.05) is 17.8 Å². The molecule has 0 fully saturated rings. The van der Waals surface area contributed by atoms with Gasteiger partial charge >= 0.3 is 5.97 Å². The summed E-state index contributed by atoms with van der Waals surface area (Å²) in [6.45, 7) is 13.0. The second kappa shape index (κ2) is 11.0. The third-order valence-corrected chi connectivity index (χ3v) is 6.63. The molecule has 0 radical (unpaired) electrons. The molecule has 7 nitrogen and oxygen atoms in total. The minimum absolute atomic E-state index is 0.326. The second-order valence-electron chi connectivity index (χ2n) is 11.2. The predicted molar refractivity (Wildman–Crippen MR) is 159 cm³/mol. The SMILES string of the molecule is CCOc1nc2ccc(-c3cn(C(C)C)cn3)cc2n1Cc1ccc(-c2ccccc2C(=O)OC(C)(C)C)cc1. The van der Waals surface area contributed by atoms with Crippen molar-refractivity contribution in [3.8, 4) is 28.4 Å². The summed E-state index contributed by atoms with van der Waals surface area (Å²) < 4.78 is 15.8. The minimum atomic E-state index is -0.561. The van der Waals surface area contributed by atoms with Crippen molar-refractivity contribution in [1.29, 1.82) is 0 Å². The van der Waals surface area contributed by atoms with Gasteiger partial charge in [0.05, 0.1) is 41.8 Å². The maximum atomic E-state index is 12.9. The van der Waals surface area contributed by atoms with Crippen LogP contribution in [0.1, 0.15) is 63.5 Å². The van der Waals surface area contributed by atoms with E-state index in [4.69, 9.17) is 14.5 Å². The molecule has 7 heteroatoms. The van der Waals surface area contributed by atoms with Crippen molar-refractivity contribution < 1.29 is 14.3 Å². The van der Waals surface area contributed by atoms with Crippen LogP contribution in [0.2, 0.25) is 0 Å². The molecule has 0 aliphatic heterocycles. The fraction of sp³-hybridized carbons (Fsp3) is 0.303. The van der Waals surface area contributed by atoms with Gasteiger partial charge in [0.1, 0.15) is 5.60 Å². The number of hydrogen-bond donors (Lipinski definition) is 0.